The second-order valence-corrected chi connectivity index (χ2v) is 8.85. The Kier molecular flexibility index (Phi) is 7.43. The summed E-state index contributed by atoms with van der Waals surface area (Å²) in [4.78, 5) is 12.4. The molecule has 1 amide bonds. The molecule has 2 unspecified atom stereocenters. The van der Waals surface area contributed by atoms with Crippen molar-refractivity contribution in [1.82, 2.24) is 9.62 Å². The number of rotatable bonds is 8. The third-order valence-corrected chi connectivity index (χ3v) is 7.00. The molecule has 1 aliphatic rings. The number of methoxy groups -OCH3 is 1. The van der Waals surface area contributed by atoms with Crippen molar-refractivity contribution in [2.24, 2.45) is 0 Å². The van der Waals surface area contributed by atoms with Crippen LogP contribution >= 0.6 is 0 Å². The standard InChI is InChI=1S/C21H26N2O6S/c1-28-18-11-12-23(20(13-18)21(25)22-15-24)30(26,27)19-9-7-17(8-10-19)29-14-16-5-3-2-4-6-16/h2-10,18,20,24H,11-15H2,1H3,(H,22,25). The first-order valence-corrected chi connectivity index (χ1v) is 11.1. The molecule has 0 radical (unpaired) electrons. The molecule has 2 atom stereocenters. The van der Waals surface area contributed by atoms with Crippen LogP contribution in [-0.4, -0.2) is 56.3 Å². The van der Waals surface area contributed by atoms with Gasteiger partial charge in [0.1, 0.15) is 25.1 Å². The number of amides is 1. The van der Waals surface area contributed by atoms with Crippen LogP contribution in [0.1, 0.15) is 18.4 Å². The average Bonchev–Trinajstić information content (AvgIpc) is 2.78. The van der Waals surface area contributed by atoms with Crippen LogP contribution in [-0.2, 0) is 26.2 Å². The Morgan fingerprint density at radius 2 is 1.87 bits per heavy atom. The minimum Gasteiger partial charge on any atom is -0.489 e. The number of hydrogen-bond donors (Lipinski definition) is 2. The predicted molar refractivity (Wildman–Crippen MR) is 110 cm³/mol. The molecule has 0 bridgehead atoms. The van der Waals surface area contributed by atoms with Gasteiger partial charge in [0.15, 0.2) is 0 Å². The lowest BCUT2D eigenvalue weighted by atomic mass is 10.0. The molecule has 1 fully saturated rings. The van der Waals surface area contributed by atoms with E-state index in [0.29, 0.717) is 18.8 Å². The Balaban J connectivity index is 1.75. The van der Waals surface area contributed by atoms with Gasteiger partial charge >= 0.3 is 0 Å². The molecule has 9 heteroatoms. The van der Waals surface area contributed by atoms with E-state index < -0.39 is 28.7 Å². The van der Waals surface area contributed by atoms with Crippen molar-refractivity contribution < 1.29 is 27.8 Å². The van der Waals surface area contributed by atoms with Gasteiger partial charge in [-0.15, -0.1) is 0 Å². The lowest BCUT2D eigenvalue weighted by Crippen LogP contribution is -2.54. The van der Waals surface area contributed by atoms with Crippen LogP contribution in [0.4, 0.5) is 0 Å². The Morgan fingerprint density at radius 3 is 2.50 bits per heavy atom. The zero-order valence-electron chi connectivity index (χ0n) is 16.7. The summed E-state index contributed by atoms with van der Waals surface area (Å²) >= 11 is 0. The molecule has 8 nitrogen and oxygen atoms in total. The quantitative estimate of drug-likeness (QED) is 0.610. The fourth-order valence-electron chi connectivity index (χ4n) is 3.43. The van der Waals surface area contributed by atoms with Crippen LogP contribution in [0.5, 0.6) is 5.75 Å². The van der Waals surface area contributed by atoms with Crippen LogP contribution in [0.3, 0.4) is 0 Å². The maximum atomic E-state index is 13.2. The molecule has 3 rings (SSSR count). The van der Waals surface area contributed by atoms with Gasteiger partial charge < -0.3 is 19.9 Å². The summed E-state index contributed by atoms with van der Waals surface area (Å²) in [5.41, 5.74) is 1.01. The third kappa shape index (κ3) is 5.17. The van der Waals surface area contributed by atoms with Crippen molar-refractivity contribution in [3.63, 3.8) is 0 Å². The fourth-order valence-corrected chi connectivity index (χ4v) is 5.04. The Labute approximate surface area is 176 Å². The summed E-state index contributed by atoms with van der Waals surface area (Å²) in [5.74, 6) is -0.00360. The van der Waals surface area contributed by atoms with E-state index in [2.05, 4.69) is 5.32 Å². The van der Waals surface area contributed by atoms with E-state index >= 15 is 0 Å². The van der Waals surface area contributed by atoms with Crippen LogP contribution < -0.4 is 10.1 Å². The van der Waals surface area contributed by atoms with Gasteiger partial charge in [-0.1, -0.05) is 30.3 Å². The molecule has 162 valence electrons. The average molecular weight is 435 g/mol. The maximum absolute atomic E-state index is 13.2. The topological polar surface area (TPSA) is 105 Å². The largest absolute Gasteiger partial charge is 0.489 e. The minimum absolute atomic E-state index is 0.0761. The van der Waals surface area contributed by atoms with Crippen molar-refractivity contribution >= 4 is 15.9 Å². The summed E-state index contributed by atoms with van der Waals surface area (Å²) in [6, 6.07) is 14.8. The molecule has 0 saturated carbocycles. The maximum Gasteiger partial charge on any atom is 0.243 e. The van der Waals surface area contributed by atoms with E-state index in [9.17, 15) is 13.2 Å². The molecule has 0 aliphatic carbocycles. The van der Waals surface area contributed by atoms with Gasteiger partial charge in [-0.25, -0.2) is 8.42 Å². The Hall–Kier alpha value is -2.46. The van der Waals surface area contributed by atoms with Crippen molar-refractivity contribution in [3.8, 4) is 5.75 Å². The highest BCUT2D eigenvalue weighted by atomic mass is 32.2. The molecule has 0 spiro atoms. The van der Waals surface area contributed by atoms with E-state index in [1.54, 1.807) is 12.1 Å². The van der Waals surface area contributed by atoms with Crippen molar-refractivity contribution in [2.45, 2.75) is 36.5 Å². The molecule has 1 heterocycles. The summed E-state index contributed by atoms with van der Waals surface area (Å²) in [5, 5.41) is 11.3. The van der Waals surface area contributed by atoms with E-state index in [1.165, 1.54) is 23.5 Å². The van der Waals surface area contributed by atoms with Gasteiger partial charge in [0.05, 0.1) is 11.0 Å². The number of piperidine rings is 1. The number of carbonyl (C=O) groups excluding carboxylic acids is 1. The fraction of sp³-hybridized carbons (Fsp3) is 0.381. The van der Waals surface area contributed by atoms with Gasteiger partial charge in [-0.05, 0) is 42.7 Å². The zero-order valence-corrected chi connectivity index (χ0v) is 17.5. The number of sulfonamides is 1. The normalized spacial score (nSPS) is 19.9. The van der Waals surface area contributed by atoms with Crippen molar-refractivity contribution in [2.75, 3.05) is 20.4 Å². The monoisotopic (exact) mass is 434 g/mol. The first-order chi connectivity index (χ1) is 14.5. The number of nitrogens with zero attached hydrogens (tertiary/aromatic N) is 1. The molecule has 2 aromatic carbocycles. The van der Waals surface area contributed by atoms with Gasteiger partial charge in [0, 0.05) is 13.7 Å². The second kappa shape index (κ2) is 10.0. The van der Waals surface area contributed by atoms with Crippen LogP contribution in [0.15, 0.2) is 59.5 Å². The second-order valence-electron chi connectivity index (χ2n) is 6.96. The summed E-state index contributed by atoms with van der Waals surface area (Å²) < 4.78 is 38.6. The number of carbonyl (C=O) groups is 1. The van der Waals surface area contributed by atoms with Crippen LogP contribution in [0.2, 0.25) is 0 Å². The molecule has 1 aliphatic heterocycles. The van der Waals surface area contributed by atoms with E-state index in [4.69, 9.17) is 14.6 Å². The predicted octanol–water partition coefficient (Wildman–Crippen LogP) is 1.50. The highest BCUT2D eigenvalue weighted by Gasteiger charge is 2.40. The first-order valence-electron chi connectivity index (χ1n) is 9.65. The smallest absolute Gasteiger partial charge is 0.243 e. The van der Waals surface area contributed by atoms with Gasteiger partial charge in [-0.2, -0.15) is 4.31 Å². The van der Waals surface area contributed by atoms with E-state index in [0.717, 1.165) is 5.56 Å². The van der Waals surface area contributed by atoms with E-state index in [-0.39, 0.29) is 24.0 Å². The highest BCUT2D eigenvalue weighted by molar-refractivity contribution is 7.89. The number of ether oxygens (including phenoxy) is 2. The SMILES string of the molecule is COC1CCN(S(=O)(=O)c2ccc(OCc3ccccc3)cc2)C(C(=O)NCO)C1. The van der Waals surface area contributed by atoms with Gasteiger partial charge in [0.2, 0.25) is 15.9 Å². The number of aliphatic hydroxyl groups is 1. The molecule has 1 saturated heterocycles. The molecule has 30 heavy (non-hydrogen) atoms. The number of aliphatic hydroxyl groups excluding tert-OH is 1. The summed E-state index contributed by atoms with van der Waals surface area (Å²) in [7, 11) is -2.38. The Bertz CT molecular complexity index is 934. The zero-order chi connectivity index (χ0) is 21.6. The summed E-state index contributed by atoms with van der Waals surface area (Å²) in [6.07, 6.45) is 0.483. The number of nitrogens with one attached hydrogen (secondary N) is 1. The van der Waals surface area contributed by atoms with Gasteiger partial charge in [0.25, 0.3) is 0 Å². The lowest BCUT2D eigenvalue weighted by molar-refractivity contribution is -0.128. The molecular weight excluding hydrogens is 408 g/mol. The number of hydrogen-bond acceptors (Lipinski definition) is 6. The third-order valence-electron chi connectivity index (χ3n) is 5.07. The van der Waals surface area contributed by atoms with Crippen LogP contribution in [0.25, 0.3) is 0 Å². The van der Waals surface area contributed by atoms with Crippen molar-refractivity contribution in [1.29, 1.82) is 0 Å². The molecule has 2 N–H and O–H groups in total. The minimum atomic E-state index is -3.91. The van der Waals surface area contributed by atoms with Crippen LogP contribution in [0, 0.1) is 0 Å². The molecular formula is C21H26N2O6S. The summed E-state index contributed by atoms with van der Waals surface area (Å²) in [6.45, 7) is -0.0359. The number of benzene rings is 2. The van der Waals surface area contributed by atoms with Crippen molar-refractivity contribution in [3.05, 3.63) is 60.2 Å². The highest BCUT2D eigenvalue weighted by Crippen LogP contribution is 2.28. The van der Waals surface area contributed by atoms with Gasteiger partial charge in [-0.3, -0.25) is 4.79 Å². The Morgan fingerprint density at radius 1 is 1.17 bits per heavy atom. The lowest BCUT2D eigenvalue weighted by Gasteiger charge is -2.36. The molecule has 0 aromatic heterocycles. The first kappa shape index (κ1) is 22.2. The van der Waals surface area contributed by atoms with E-state index in [1.807, 2.05) is 30.3 Å². The molecule has 2 aromatic rings.